The van der Waals surface area contributed by atoms with E-state index in [-0.39, 0.29) is 6.61 Å². The Morgan fingerprint density at radius 2 is 1.81 bits per heavy atom. The van der Waals surface area contributed by atoms with Crippen molar-refractivity contribution in [2.75, 3.05) is 25.1 Å². The lowest BCUT2D eigenvalue weighted by molar-refractivity contribution is 0.286. The summed E-state index contributed by atoms with van der Waals surface area (Å²) in [5.41, 5.74) is 2.35. The number of benzene rings is 2. The van der Waals surface area contributed by atoms with Crippen LogP contribution in [0.15, 0.2) is 54.6 Å². The Balaban J connectivity index is 1.75. The average molecular weight is 285 g/mol. The van der Waals surface area contributed by atoms with Gasteiger partial charge in [-0.2, -0.15) is 0 Å². The predicted molar refractivity (Wildman–Crippen MR) is 86.9 cm³/mol. The van der Waals surface area contributed by atoms with Crippen molar-refractivity contribution < 1.29 is 9.84 Å². The van der Waals surface area contributed by atoms with Crippen molar-refractivity contribution in [2.45, 2.75) is 19.3 Å². The van der Waals surface area contributed by atoms with E-state index in [2.05, 4.69) is 17.4 Å². The minimum absolute atomic E-state index is 0.254. The number of anilines is 1. The molecule has 3 heteroatoms. The Bertz CT molecular complexity index is 514. The first-order chi connectivity index (χ1) is 10.4. The van der Waals surface area contributed by atoms with Gasteiger partial charge in [-0.25, -0.2) is 0 Å². The predicted octanol–water partition coefficient (Wildman–Crippen LogP) is 3.49. The summed E-state index contributed by atoms with van der Waals surface area (Å²) in [4.78, 5) is 0. The Morgan fingerprint density at radius 1 is 0.952 bits per heavy atom. The number of rotatable bonds is 9. The van der Waals surface area contributed by atoms with Crippen molar-refractivity contribution in [3.05, 3.63) is 60.2 Å². The number of ether oxygens (including phenoxy) is 1. The summed E-state index contributed by atoms with van der Waals surface area (Å²) in [5.74, 6) is 0.887. The highest BCUT2D eigenvalue weighted by Gasteiger charge is 1.98. The summed E-state index contributed by atoms with van der Waals surface area (Å²) in [5, 5.41) is 12.1. The van der Waals surface area contributed by atoms with Gasteiger partial charge in [0.25, 0.3) is 0 Å². The molecule has 0 amide bonds. The topological polar surface area (TPSA) is 41.5 Å². The molecule has 0 aliphatic heterocycles. The van der Waals surface area contributed by atoms with E-state index in [1.165, 1.54) is 5.56 Å². The summed E-state index contributed by atoms with van der Waals surface area (Å²) in [6, 6.07) is 18.4. The molecule has 0 spiro atoms. The van der Waals surface area contributed by atoms with Gasteiger partial charge in [0.1, 0.15) is 5.75 Å². The minimum Gasteiger partial charge on any atom is -0.493 e. The van der Waals surface area contributed by atoms with Crippen LogP contribution in [0, 0.1) is 0 Å². The Labute approximate surface area is 126 Å². The van der Waals surface area contributed by atoms with E-state index >= 15 is 0 Å². The number of aliphatic hydroxyl groups is 1. The van der Waals surface area contributed by atoms with Gasteiger partial charge in [-0.3, -0.25) is 0 Å². The van der Waals surface area contributed by atoms with Gasteiger partial charge in [-0.05, 0) is 30.5 Å². The molecule has 2 aromatic carbocycles. The molecule has 112 valence electrons. The van der Waals surface area contributed by atoms with E-state index in [1.807, 2.05) is 42.5 Å². The monoisotopic (exact) mass is 285 g/mol. The van der Waals surface area contributed by atoms with Crippen LogP contribution in [0.25, 0.3) is 0 Å². The fourth-order valence-corrected chi connectivity index (χ4v) is 2.10. The van der Waals surface area contributed by atoms with Crippen molar-refractivity contribution >= 4 is 5.69 Å². The largest absolute Gasteiger partial charge is 0.493 e. The molecule has 21 heavy (non-hydrogen) atoms. The fourth-order valence-electron chi connectivity index (χ4n) is 2.10. The van der Waals surface area contributed by atoms with Gasteiger partial charge in [0.2, 0.25) is 0 Å². The normalized spacial score (nSPS) is 10.3. The first-order valence-corrected chi connectivity index (χ1v) is 7.50. The number of unbranched alkanes of at least 4 members (excludes halogenated alkanes) is 1. The molecule has 3 nitrogen and oxygen atoms in total. The second kappa shape index (κ2) is 9.03. The van der Waals surface area contributed by atoms with Crippen molar-refractivity contribution in [3.8, 4) is 5.75 Å². The lowest BCUT2D eigenvalue weighted by Gasteiger charge is -2.10. The molecule has 0 bridgehead atoms. The molecule has 0 aliphatic carbocycles. The van der Waals surface area contributed by atoms with E-state index in [0.717, 1.165) is 37.2 Å². The van der Waals surface area contributed by atoms with Crippen molar-refractivity contribution in [3.63, 3.8) is 0 Å². The number of hydrogen-bond donors (Lipinski definition) is 2. The third kappa shape index (κ3) is 5.88. The van der Waals surface area contributed by atoms with Crippen LogP contribution in [0.4, 0.5) is 5.69 Å². The van der Waals surface area contributed by atoms with Gasteiger partial charge in [-0.1, -0.05) is 36.4 Å². The van der Waals surface area contributed by atoms with E-state index < -0.39 is 0 Å². The van der Waals surface area contributed by atoms with E-state index in [9.17, 15) is 0 Å². The van der Waals surface area contributed by atoms with Gasteiger partial charge in [0, 0.05) is 31.3 Å². The van der Waals surface area contributed by atoms with Gasteiger partial charge in [0.15, 0.2) is 0 Å². The zero-order valence-corrected chi connectivity index (χ0v) is 12.3. The smallest absolute Gasteiger partial charge is 0.121 e. The second-order valence-corrected chi connectivity index (χ2v) is 4.97. The minimum atomic E-state index is 0.254. The van der Waals surface area contributed by atoms with Crippen molar-refractivity contribution in [1.82, 2.24) is 0 Å². The quantitative estimate of drug-likeness (QED) is 0.693. The summed E-state index contributed by atoms with van der Waals surface area (Å²) < 4.78 is 5.80. The molecule has 2 rings (SSSR count). The van der Waals surface area contributed by atoms with Crippen LogP contribution in [0.3, 0.4) is 0 Å². The third-order valence-electron chi connectivity index (χ3n) is 3.25. The Hall–Kier alpha value is -2.00. The number of nitrogens with one attached hydrogen (secondary N) is 1. The van der Waals surface area contributed by atoms with Crippen LogP contribution in [-0.4, -0.2) is 24.9 Å². The zero-order chi connectivity index (χ0) is 14.8. The molecular weight excluding hydrogens is 262 g/mol. The van der Waals surface area contributed by atoms with Crippen LogP contribution in [0.1, 0.15) is 18.4 Å². The van der Waals surface area contributed by atoms with Gasteiger partial charge in [-0.15, -0.1) is 0 Å². The van der Waals surface area contributed by atoms with Gasteiger partial charge in [0.05, 0.1) is 6.61 Å². The molecule has 0 saturated heterocycles. The van der Waals surface area contributed by atoms with Crippen LogP contribution in [0.2, 0.25) is 0 Å². The van der Waals surface area contributed by atoms with Gasteiger partial charge >= 0.3 is 0 Å². The summed E-state index contributed by atoms with van der Waals surface area (Å²) in [6.07, 6.45) is 2.71. The highest BCUT2D eigenvalue weighted by Crippen LogP contribution is 2.17. The summed E-state index contributed by atoms with van der Waals surface area (Å²) >= 11 is 0. The molecule has 0 atom stereocenters. The lowest BCUT2D eigenvalue weighted by Crippen LogP contribution is -2.04. The molecule has 0 fully saturated rings. The van der Waals surface area contributed by atoms with E-state index in [4.69, 9.17) is 9.84 Å². The Morgan fingerprint density at radius 3 is 2.62 bits per heavy atom. The maximum Gasteiger partial charge on any atom is 0.121 e. The zero-order valence-electron chi connectivity index (χ0n) is 12.3. The molecule has 0 unspecified atom stereocenters. The molecule has 0 heterocycles. The Kier molecular flexibility index (Phi) is 6.62. The summed E-state index contributed by atoms with van der Waals surface area (Å²) in [7, 11) is 0. The molecule has 0 radical (unpaired) electrons. The molecule has 2 aromatic rings. The molecule has 0 saturated carbocycles. The number of hydrogen-bond acceptors (Lipinski definition) is 3. The number of aliphatic hydroxyl groups excluding tert-OH is 1. The van der Waals surface area contributed by atoms with Crippen LogP contribution >= 0.6 is 0 Å². The molecule has 2 N–H and O–H groups in total. The lowest BCUT2D eigenvalue weighted by atomic mass is 10.2. The first kappa shape index (κ1) is 15.4. The average Bonchev–Trinajstić information content (AvgIpc) is 2.53. The SMILES string of the molecule is OCCCCNc1cccc(OCCc2ccccc2)c1. The third-order valence-corrected chi connectivity index (χ3v) is 3.25. The molecule has 0 aromatic heterocycles. The van der Waals surface area contributed by atoms with Crippen LogP contribution < -0.4 is 10.1 Å². The van der Waals surface area contributed by atoms with Crippen LogP contribution in [0.5, 0.6) is 5.75 Å². The van der Waals surface area contributed by atoms with Gasteiger partial charge < -0.3 is 15.2 Å². The molecule has 0 aliphatic rings. The van der Waals surface area contributed by atoms with Crippen molar-refractivity contribution in [1.29, 1.82) is 0 Å². The van der Waals surface area contributed by atoms with E-state index in [0.29, 0.717) is 6.61 Å². The molecular formula is C18H23NO2. The maximum atomic E-state index is 8.75. The highest BCUT2D eigenvalue weighted by molar-refractivity contribution is 5.48. The maximum absolute atomic E-state index is 8.75. The van der Waals surface area contributed by atoms with Crippen LogP contribution in [-0.2, 0) is 6.42 Å². The van der Waals surface area contributed by atoms with Crippen molar-refractivity contribution in [2.24, 2.45) is 0 Å². The first-order valence-electron chi connectivity index (χ1n) is 7.50. The fraction of sp³-hybridized carbons (Fsp3) is 0.333. The summed E-state index contributed by atoms with van der Waals surface area (Å²) in [6.45, 7) is 1.80. The highest BCUT2D eigenvalue weighted by atomic mass is 16.5. The second-order valence-electron chi connectivity index (χ2n) is 4.97. The standard InChI is InChI=1S/C18H23NO2/c20-13-5-4-12-19-17-9-6-10-18(15-17)21-14-11-16-7-2-1-3-8-16/h1-3,6-10,15,19-20H,4-5,11-14H2. The van der Waals surface area contributed by atoms with E-state index in [1.54, 1.807) is 0 Å².